The second-order valence-corrected chi connectivity index (χ2v) is 18.8. The average Bonchev–Trinajstić information content (AvgIpc) is 3.58. The minimum Gasteiger partial charge on any atom is -0.494 e. The fourth-order valence-corrected chi connectivity index (χ4v) is 10.1. The molecular formula is C45H51ClN9O10P. The van der Waals surface area contributed by atoms with E-state index in [0.717, 1.165) is 49.6 Å². The summed E-state index contributed by atoms with van der Waals surface area (Å²) in [6.45, 7) is 4.89. The molecule has 0 bridgehead atoms. The van der Waals surface area contributed by atoms with Crippen LogP contribution in [0.3, 0.4) is 0 Å². The van der Waals surface area contributed by atoms with Gasteiger partial charge in [0.2, 0.25) is 23.7 Å². The molecule has 5 heterocycles. The lowest BCUT2D eigenvalue weighted by Crippen LogP contribution is -2.54. The molecule has 0 saturated carbocycles. The highest BCUT2D eigenvalue weighted by molar-refractivity contribution is 7.62. The van der Waals surface area contributed by atoms with E-state index in [0.29, 0.717) is 60.2 Å². The van der Waals surface area contributed by atoms with E-state index < -0.39 is 37.3 Å². The minimum absolute atomic E-state index is 0.0468. The molecule has 66 heavy (non-hydrogen) atoms. The second-order valence-electron chi connectivity index (χ2n) is 16.1. The first-order valence-corrected chi connectivity index (χ1v) is 23.6. The highest BCUT2D eigenvalue weighted by atomic mass is 35.5. The lowest BCUT2D eigenvalue weighted by Gasteiger charge is -2.43. The van der Waals surface area contributed by atoms with Crippen LogP contribution in [0.25, 0.3) is 0 Å². The molecule has 8 rings (SSSR count). The fraction of sp³-hybridized carbons (Fsp3) is 0.400. The first-order chi connectivity index (χ1) is 31.9. The van der Waals surface area contributed by atoms with Crippen LogP contribution in [0.5, 0.6) is 11.5 Å². The molecule has 3 aromatic carbocycles. The van der Waals surface area contributed by atoms with Gasteiger partial charge >= 0.3 is 7.60 Å². The van der Waals surface area contributed by atoms with Gasteiger partial charge in [-0.15, -0.1) is 0 Å². The number of rotatable bonds is 16. The Labute approximate surface area is 386 Å². The largest absolute Gasteiger partial charge is 0.494 e. The van der Waals surface area contributed by atoms with Crippen LogP contribution in [-0.4, -0.2) is 133 Å². The van der Waals surface area contributed by atoms with Crippen molar-refractivity contribution in [3.05, 3.63) is 83.0 Å². The molecule has 3 N–H and O–H groups in total. The number of nitrogens with zero attached hydrogens (tertiary/aromatic N) is 6. The van der Waals surface area contributed by atoms with Crippen molar-refractivity contribution in [1.82, 2.24) is 30.0 Å². The third-order valence-corrected chi connectivity index (χ3v) is 14.6. The van der Waals surface area contributed by atoms with Crippen molar-refractivity contribution in [2.45, 2.75) is 50.6 Å². The number of benzene rings is 3. The van der Waals surface area contributed by atoms with Crippen LogP contribution in [0.1, 0.15) is 59.2 Å². The number of piperazine rings is 1. The van der Waals surface area contributed by atoms with Crippen molar-refractivity contribution >= 4 is 82.9 Å². The van der Waals surface area contributed by atoms with Gasteiger partial charge in [-0.3, -0.25) is 43.7 Å². The lowest BCUT2D eigenvalue weighted by atomic mass is 10.0. The number of carbonyl (C=O) groups is 5. The summed E-state index contributed by atoms with van der Waals surface area (Å²) in [6, 6.07) is 16.8. The summed E-state index contributed by atoms with van der Waals surface area (Å²) in [5, 5.41) is 9.14. The third-order valence-electron chi connectivity index (χ3n) is 12.3. The van der Waals surface area contributed by atoms with Gasteiger partial charge in [0.25, 0.3) is 11.8 Å². The Kier molecular flexibility index (Phi) is 14.2. The van der Waals surface area contributed by atoms with Gasteiger partial charge in [-0.2, -0.15) is 4.98 Å². The van der Waals surface area contributed by atoms with E-state index in [-0.39, 0.29) is 53.3 Å². The van der Waals surface area contributed by atoms with Crippen LogP contribution < -0.4 is 35.6 Å². The number of fused-ring (bicyclic) bond motifs is 1. The van der Waals surface area contributed by atoms with Crippen LogP contribution in [0.4, 0.5) is 28.8 Å². The molecule has 1 atom stereocenters. The maximum Gasteiger partial charge on any atom is 0.362 e. The molecule has 0 aliphatic carbocycles. The average molecular weight is 944 g/mol. The topological polar surface area (TPSA) is 214 Å². The molecule has 3 fully saturated rings. The van der Waals surface area contributed by atoms with E-state index in [1.165, 1.54) is 32.5 Å². The molecule has 5 amide bonds. The van der Waals surface area contributed by atoms with Gasteiger partial charge in [0.15, 0.2) is 5.82 Å². The molecule has 19 nitrogen and oxygen atoms in total. The molecule has 3 saturated heterocycles. The van der Waals surface area contributed by atoms with Crippen molar-refractivity contribution in [3.8, 4) is 11.5 Å². The van der Waals surface area contributed by atoms with Gasteiger partial charge < -0.3 is 39.0 Å². The van der Waals surface area contributed by atoms with Crippen molar-refractivity contribution in [3.63, 3.8) is 0 Å². The van der Waals surface area contributed by atoms with E-state index in [9.17, 15) is 28.5 Å². The molecule has 1 aromatic heterocycles. The number of aromatic nitrogens is 2. The van der Waals surface area contributed by atoms with Crippen LogP contribution in [0.2, 0.25) is 5.02 Å². The fourth-order valence-electron chi connectivity index (χ4n) is 8.77. The maximum absolute atomic E-state index is 13.2. The normalized spacial score (nSPS) is 18.3. The van der Waals surface area contributed by atoms with Crippen LogP contribution in [-0.2, 0) is 28.0 Å². The molecule has 4 aliphatic heterocycles. The van der Waals surface area contributed by atoms with E-state index in [1.54, 1.807) is 37.4 Å². The summed E-state index contributed by atoms with van der Waals surface area (Å²) in [4.78, 5) is 79.8. The number of imide groups is 2. The number of hydrogen-bond donors (Lipinski definition) is 3. The molecule has 1 unspecified atom stereocenters. The summed E-state index contributed by atoms with van der Waals surface area (Å²) in [5.41, 5.74) is 2.47. The Morgan fingerprint density at radius 3 is 2.33 bits per heavy atom. The molecule has 348 valence electrons. The van der Waals surface area contributed by atoms with E-state index in [2.05, 4.69) is 35.7 Å². The summed E-state index contributed by atoms with van der Waals surface area (Å²) in [6.07, 6.45) is 4.35. The van der Waals surface area contributed by atoms with E-state index in [4.69, 9.17) is 30.1 Å². The van der Waals surface area contributed by atoms with Gasteiger partial charge in [-0.05, 0) is 68.1 Å². The number of piperidine rings is 2. The predicted octanol–water partition coefficient (Wildman–Crippen LogP) is 5.11. The van der Waals surface area contributed by atoms with Crippen LogP contribution >= 0.6 is 19.2 Å². The van der Waals surface area contributed by atoms with Crippen molar-refractivity contribution in [2.75, 3.05) is 82.7 Å². The summed E-state index contributed by atoms with van der Waals surface area (Å²) in [5.74, 6) is -0.655. The lowest BCUT2D eigenvalue weighted by molar-refractivity contribution is -0.136. The number of nitrogens with one attached hydrogen (secondary N) is 3. The van der Waals surface area contributed by atoms with Gasteiger partial charge in [0, 0.05) is 84.1 Å². The number of amides is 5. The zero-order chi connectivity index (χ0) is 46.5. The number of ether oxygens (including phenoxy) is 2. The molecule has 21 heteroatoms. The zero-order valence-corrected chi connectivity index (χ0v) is 38.4. The van der Waals surface area contributed by atoms with E-state index in [1.807, 2.05) is 23.1 Å². The second kappa shape index (κ2) is 20.2. The predicted molar refractivity (Wildman–Crippen MR) is 246 cm³/mol. The molecular weight excluding hydrogens is 893 g/mol. The van der Waals surface area contributed by atoms with Gasteiger partial charge in [-0.1, -0.05) is 23.7 Å². The highest BCUT2D eigenvalue weighted by Crippen LogP contribution is 2.47. The van der Waals surface area contributed by atoms with Crippen LogP contribution in [0, 0.1) is 0 Å². The first-order valence-electron chi connectivity index (χ1n) is 21.7. The number of anilines is 5. The van der Waals surface area contributed by atoms with Crippen molar-refractivity contribution in [1.29, 1.82) is 0 Å². The number of hydrogen-bond acceptors (Lipinski definition) is 16. The summed E-state index contributed by atoms with van der Waals surface area (Å²) in [7, 11) is 0.672. The van der Waals surface area contributed by atoms with Crippen molar-refractivity contribution in [2.24, 2.45) is 0 Å². The van der Waals surface area contributed by atoms with E-state index >= 15 is 0 Å². The van der Waals surface area contributed by atoms with Gasteiger partial charge in [0.1, 0.15) is 22.6 Å². The standard InChI is InChI=1S/C45H51ClN9O10P/c1-62-37-25-29(10-13-34(37)49-45-47-27-33(46)41(51-45)48-35-7-4-5-8-38(35)66(61,63-2)64-3)52-18-16-28(17-19-52)53-20-22-54(23-21-53)40(57)9-6-24-65-30-11-12-31-32(26-30)44(60)55(43(31)59)36-14-15-39(56)50-42(36)58/h4-5,7-8,10-13,25-28,36H,6,9,14-24H2,1-3H3,(H,50,56,58)(H2,47,48,49,51). The van der Waals surface area contributed by atoms with Gasteiger partial charge in [-0.25, -0.2) is 4.98 Å². The van der Waals surface area contributed by atoms with Crippen molar-refractivity contribution < 1.29 is 47.1 Å². The zero-order valence-electron chi connectivity index (χ0n) is 36.8. The summed E-state index contributed by atoms with van der Waals surface area (Å²) >= 11 is 6.48. The Morgan fingerprint density at radius 2 is 1.61 bits per heavy atom. The smallest absolute Gasteiger partial charge is 0.362 e. The molecule has 4 aliphatic rings. The Morgan fingerprint density at radius 1 is 0.864 bits per heavy atom. The number of carbonyl (C=O) groups excluding carboxylic acids is 5. The first kappa shape index (κ1) is 46.4. The Balaban J connectivity index is 0.776. The number of methoxy groups -OCH3 is 1. The molecule has 4 aromatic rings. The SMILES string of the molecule is COc1cc(N2CCC(N3CCN(C(=O)CCCOc4ccc5c(c4)C(=O)N(C4CCC(=O)NC4=O)C5=O)CC3)CC2)ccc1Nc1ncc(Cl)c(Nc2ccccc2P(=O)(OC)OC)n1. The Hall–Kier alpha value is -6.11. The number of halogens is 1. The summed E-state index contributed by atoms with van der Waals surface area (Å²) < 4.78 is 35.3. The van der Waals surface area contributed by atoms with Crippen LogP contribution in [0.15, 0.2) is 66.9 Å². The molecule has 0 spiro atoms. The maximum atomic E-state index is 13.2. The quantitative estimate of drug-likeness (QED) is 0.0756. The number of para-hydroxylation sites is 1. The van der Waals surface area contributed by atoms with Gasteiger partial charge in [0.05, 0.1) is 47.7 Å². The monoisotopic (exact) mass is 943 g/mol. The third kappa shape index (κ3) is 9.85. The Bertz CT molecular complexity index is 2560. The minimum atomic E-state index is -3.58. The molecule has 0 radical (unpaired) electrons. The highest BCUT2D eigenvalue weighted by Gasteiger charge is 2.45.